The molecule has 1 aliphatic rings. The molecule has 0 fully saturated rings. The largest absolute Gasteiger partial charge is 0.356 e. The van der Waals surface area contributed by atoms with Crippen molar-refractivity contribution in [2.45, 2.75) is 38.5 Å². The molecule has 8 heteroatoms. The van der Waals surface area contributed by atoms with Crippen LogP contribution in [0.2, 0.25) is 5.02 Å². The summed E-state index contributed by atoms with van der Waals surface area (Å²) in [5.41, 5.74) is 2.45. The van der Waals surface area contributed by atoms with Crippen LogP contribution in [0.3, 0.4) is 0 Å². The predicted molar refractivity (Wildman–Crippen MR) is 124 cm³/mol. The molecule has 0 saturated carbocycles. The summed E-state index contributed by atoms with van der Waals surface area (Å²) in [5, 5.41) is 11.4. The normalized spacial score (nSPS) is 14.2. The smallest absolute Gasteiger partial charge is 0.228 e. The zero-order valence-corrected chi connectivity index (χ0v) is 19.2. The van der Waals surface area contributed by atoms with E-state index in [1.165, 1.54) is 25.7 Å². The third-order valence-corrected chi connectivity index (χ3v) is 4.80. The van der Waals surface area contributed by atoms with Crippen LogP contribution in [0.25, 0.3) is 11.4 Å². The summed E-state index contributed by atoms with van der Waals surface area (Å²) in [4.78, 5) is 8.69. The highest BCUT2D eigenvalue weighted by molar-refractivity contribution is 14.0. The summed E-state index contributed by atoms with van der Waals surface area (Å²) in [6.07, 6.45) is 9.21. The van der Waals surface area contributed by atoms with Crippen LogP contribution in [0.1, 0.15) is 38.0 Å². The fourth-order valence-corrected chi connectivity index (χ4v) is 3.18. The number of guanidine groups is 1. The van der Waals surface area contributed by atoms with Gasteiger partial charge in [0.05, 0.1) is 0 Å². The van der Waals surface area contributed by atoms with Gasteiger partial charge in [0, 0.05) is 37.1 Å². The summed E-state index contributed by atoms with van der Waals surface area (Å²) in [6, 6.07) is 7.38. The lowest BCUT2D eigenvalue weighted by atomic mass is 9.97. The quantitative estimate of drug-likeness (QED) is 0.244. The first-order chi connectivity index (χ1) is 13.2. The number of aliphatic imine (C=N–C) groups is 1. The number of allylic oxidation sites excluding steroid dienone is 1. The van der Waals surface area contributed by atoms with E-state index < -0.39 is 0 Å². The average Bonchev–Trinajstić information content (AvgIpc) is 3.17. The molecular formula is C20H27ClIN5O. The van der Waals surface area contributed by atoms with Crippen LogP contribution < -0.4 is 10.6 Å². The van der Waals surface area contributed by atoms with Gasteiger partial charge in [0.25, 0.3) is 0 Å². The van der Waals surface area contributed by atoms with Gasteiger partial charge < -0.3 is 15.2 Å². The molecule has 2 aromatic rings. The van der Waals surface area contributed by atoms with E-state index in [-0.39, 0.29) is 24.0 Å². The van der Waals surface area contributed by atoms with E-state index in [1.807, 2.05) is 24.3 Å². The van der Waals surface area contributed by atoms with E-state index in [0.717, 1.165) is 24.5 Å². The SMILES string of the molecule is CN=C(NCCC1=CCCCC1)NCCc1nc(-c2ccc(Cl)cc2)no1.I. The monoisotopic (exact) mass is 515 g/mol. The van der Waals surface area contributed by atoms with Gasteiger partial charge in [-0.1, -0.05) is 28.4 Å². The van der Waals surface area contributed by atoms with Crippen molar-refractivity contribution in [2.75, 3.05) is 20.1 Å². The molecule has 1 aromatic heterocycles. The van der Waals surface area contributed by atoms with Gasteiger partial charge in [0.15, 0.2) is 5.96 Å². The molecule has 1 heterocycles. The Morgan fingerprint density at radius 1 is 1.14 bits per heavy atom. The average molecular weight is 516 g/mol. The van der Waals surface area contributed by atoms with Gasteiger partial charge in [-0.05, 0) is 56.4 Å². The molecule has 0 saturated heterocycles. The molecule has 0 aliphatic heterocycles. The molecule has 0 amide bonds. The molecule has 28 heavy (non-hydrogen) atoms. The Kier molecular flexibility index (Phi) is 9.77. The van der Waals surface area contributed by atoms with Crippen LogP contribution >= 0.6 is 35.6 Å². The minimum Gasteiger partial charge on any atom is -0.356 e. The molecule has 0 radical (unpaired) electrons. The van der Waals surface area contributed by atoms with Crippen molar-refractivity contribution < 1.29 is 4.52 Å². The third-order valence-electron chi connectivity index (χ3n) is 4.55. The molecule has 0 bridgehead atoms. The Morgan fingerprint density at radius 3 is 2.57 bits per heavy atom. The minimum atomic E-state index is 0. The second-order valence-electron chi connectivity index (χ2n) is 6.55. The molecular weight excluding hydrogens is 489 g/mol. The second kappa shape index (κ2) is 12.1. The molecule has 0 atom stereocenters. The lowest BCUT2D eigenvalue weighted by Crippen LogP contribution is -2.38. The van der Waals surface area contributed by atoms with Crippen molar-refractivity contribution in [1.82, 2.24) is 20.8 Å². The predicted octanol–water partition coefficient (Wildman–Crippen LogP) is 4.61. The summed E-state index contributed by atoms with van der Waals surface area (Å²) in [6.45, 7) is 1.57. The Bertz CT molecular complexity index is 788. The number of rotatable bonds is 7. The zero-order chi connectivity index (χ0) is 18.9. The molecule has 0 unspecified atom stereocenters. The van der Waals surface area contributed by atoms with E-state index in [4.69, 9.17) is 16.1 Å². The van der Waals surface area contributed by atoms with Crippen LogP contribution in [-0.2, 0) is 6.42 Å². The Labute approximate surface area is 188 Å². The zero-order valence-electron chi connectivity index (χ0n) is 16.1. The van der Waals surface area contributed by atoms with Crippen LogP contribution in [0.5, 0.6) is 0 Å². The van der Waals surface area contributed by atoms with Gasteiger partial charge in [0.2, 0.25) is 11.7 Å². The number of hydrogen-bond acceptors (Lipinski definition) is 4. The molecule has 3 rings (SSSR count). The van der Waals surface area contributed by atoms with Crippen LogP contribution in [-0.4, -0.2) is 36.2 Å². The van der Waals surface area contributed by atoms with Crippen molar-refractivity contribution in [3.8, 4) is 11.4 Å². The second-order valence-corrected chi connectivity index (χ2v) is 6.99. The van der Waals surface area contributed by atoms with Gasteiger partial charge in [0.1, 0.15) is 0 Å². The van der Waals surface area contributed by atoms with Crippen molar-refractivity contribution >= 4 is 41.5 Å². The molecule has 1 aromatic carbocycles. The van der Waals surface area contributed by atoms with E-state index in [2.05, 4.69) is 31.8 Å². The molecule has 0 spiro atoms. The van der Waals surface area contributed by atoms with E-state index in [0.29, 0.717) is 29.7 Å². The maximum atomic E-state index is 5.90. The minimum absolute atomic E-state index is 0. The van der Waals surface area contributed by atoms with E-state index in [9.17, 15) is 0 Å². The standard InChI is InChI=1S/C20H26ClN5O.HI/c1-22-20(23-13-11-15-5-3-2-4-6-15)24-14-12-18-25-19(26-27-18)16-7-9-17(21)10-8-16;/h5,7-10H,2-4,6,11-14H2,1H3,(H2,22,23,24);1H. The lowest BCUT2D eigenvalue weighted by molar-refractivity contribution is 0.378. The first kappa shape index (κ1) is 22.7. The lowest BCUT2D eigenvalue weighted by Gasteiger charge is -2.14. The van der Waals surface area contributed by atoms with Crippen molar-refractivity contribution in [3.05, 3.63) is 46.8 Å². The van der Waals surface area contributed by atoms with Gasteiger partial charge in [-0.15, -0.1) is 24.0 Å². The first-order valence-electron chi connectivity index (χ1n) is 9.45. The summed E-state index contributed by atoms with van der Waals surface area (Å²) >= 11 is 5.90. The number of nitrogens with one attached hydrogen (secondary N) is 2. The van der Waals surface area contributed by atoms with Crippen LogP contribution in [0.15, 0.2) is 45.4 Å². The maximum absolute atomic E-state index is 5.90. The highest BCUT2D eigenvalue weighted by Crippen LogP contribution is 2.20. The highest BCUT2D eigenvalue weighted by Gasteiger charge is 2.09. The van der Waals surface area contributed by atoms with Crippen molar-refractivity contribution in [1.29, 1.82) is 0 Å². The highest BCUT2D eigenvalue weighted by atomic mass is 127. The summed E-state index contributed by atoms with van der Waals surface area (Å²) < 4.78 is 5.32. The number of hydrogen-bond donors (Lipinski definition) is 2. The number of benzene rings is 1. The Balaban J connectivity index is 0.00000280. The van der Waals surface area contributed by atoms with Crippen molar-refractivity contribution in [3.63, 3.8) is 0 Å². The van der Waals surface area contributed by atoms with Gasteiger partial charge in [-0.2, -0.15) is 4.98 Å². The van der Waals surface area contributed by atoms with Crippen molar-refractivity contribution in [2.24, 2.45) is 4.99 Å². The van der Waals surface area contributed by atoms with Gasteiger partial charge in [-0.25, -0.2) is 0 Å². The maximum Gasteiger partial charge on any atom is 0.228 e. The first-order valence-corrected chi connectivity index (χ1v) is 9.83. The summed E-state index contributed by atoms with van der Waals surface area (Å²) in [5.74, 6) is 1.96. The van der Waals surface area contributed by atoms with Gasteiger partial charge >= 0.3 is 0 Å². The third kappa shape index (κ3) is 7.09. The Hall–Kier alpha value is -1.61. The topological polar surface area (TPSA) is 75.3 Å². The van der Waals surface area contributed by atoms with E-state index in [1.54, 1.807) is 12.6 Å². The van der Waals surface area contributed by atoms with Crippen LogP contribution in [0.4, 0.5) is 0 Å². The Morgan fingerprint density at radius 2 is 1.89 bits per heavy atom. The molecule has 1 aliphatic carbocycles. The molecule has 6 nitrogen and oxygen atoms in total. The molecule has 152 valence electrons. The fraction of sp³-hybridized carbons (Fsp3) is 0.450. The number of halogens is 2. The fourth-order valence-electron chi connectivity index (χ4n) is 3.05. The van der Waals surface area contributed by atoms with E-state index >= 15 is 0 Å². The number of aromatic nitrogens is 2. The summed E-state index contributed by atoms with van der Waals surface area (Å²) in [7, 11) is 1.78. The number of nitrogens with zero attached hydrogens (tertiary/aromatic N) is 3. The van der Waals surface area contributed by atoms with Crippen LogP contribution in [0, 0.1) is 0 Å². The molecule has 2 N–H and O–H groups in total. The van der Waals surface area contributed by atoms with Gasteiger partial charge in [-0.3, -0.25) is 4.99 Å².